The summed E-state index contributed by atoms with van der Waals surface area (Å²) in [4.78, 5) is 10.00. The van der Waals surface area contributed by atoms with E-state index in [1.165, 1.54) is 0 Å². The normalized spacial score (nSPS) is 22.0. The van der Waals surface area contributed by atoms with Crippen LogP contribution in [0, 0.1) is 0 Å². The Morgan fingerprint density at radius 2 is 2.56 bits per heavy atom. The van der Waals surface area contributed by atoms with Gasteiger partial charge in [0.15, 0.2) is 0 Å². The first-order valence-electron chi connectivity index (χ1n) is 2.85. The first-order valence-corrected chi connectivity index (χ1v) is 2.85. The summed E-state index contributed by atoms with van der Waals surface area (Å²) in [5, 5.41) is 8.22. The van der Waals surface area contributed by atoms with Crippen LogP contribution >= 0.6 is 0 Å². The third-order valence-corrected chi connectivity index (χ3v) is 1.14. The van der Waals surface area contributed by atoms with Gasteiger partial charge in [0.1, 0.15) is 5.76 Å². The predicted molar refractivity (Wildman–Crippen MR) is 30.9 cm³/mol. The molecule has 3 nitrogen and oxygen atoms in total. The highest BCUT2D eigenvalue weighted by atomic mass is 16.5. The molecule has 0 aromatic rings. The van der Waals surface area contributed by atoms with Gasteiger partial charge < -0.3 is 9.84 Å². The van der Waals surface area contributed by atoms with E-state index < -0.39 is 5.97 Å². The molecule has 1 saturated heterocycles. The van der Waals surface area contributed by atoms with Gasteiger partial charge in [0.25, 0.3) is 0 Å². The lowest BCUT2D eigenvalue weighted by molar-refractivity contribution is -0.131. The summed E-state index contributed by atoms with van der Waals surface area (Å²) < 4.78 is 4.94. The molecule has 0 bridgehead atoms. The van der Waals surface area contributed by atoms with Gasteiger partial charge in [-0.25, -0.2) is 4.79 Å². The Hall–Kier alpha value is -0.990. The zero-order chi connectivity index (χ0) is 6.69. The lowest BCUT2D eigenvalue weighted by atomic mass is 10.3. The zero-order valence-corrected chi connectivity index (χ0v) is 4.96. The van der Waals surface area contributed by atoms with Gasteiger partial charge in [-0.3, -0.25) is 0 Å². The van der Waals surface area contributed by atoms with E-state index in [0.717, 1.165) is 18.9 Å². The second-order valence-electron chi connectivity index (χ2n) is 1.90. The number of carbonyl (C=O) groups is 1. The van der Waals surface area contributed by atoms with Crippen LogP contribution in [0.25, 0.3) is 0 Å². The molecule has 0 aliphatic carbocycles. The molecule has 0 unspecified atom stereocenters. The third kappa shape index (κ3) is 1.76. The molecule has 3 heteroatoms. The van der Waals surface area contributed by atoms with Gasteiger partial charge in [-0.15, -0.1) is 0 Å². The van der Waals surface area contributed by atoms with Crippen molar-refractivity contribution in [3.63, 3.8) is 0 Å². The summed E-state index contributed by atoms with van der Waals surface area (Å²) in [7, 11) is 0. The lowest BCUT2D eigenvalue weighted by Gasteiger charge is -1.92. The molecular formula is C6H8O3. The second kappa shape index (κ2) is 2.53. The molecule has 0 atom stereocenters. The van der Waals surface area contributed by atoms with Gasteiger partial charge in [0.2, 0.25) is 0 Å². The van der Waals surface area contributed by atoms with E-state index in [-0.39, 0.29) is 0 Å². The summed E-state index contributed by atoms with van der Waals surface area (Å²) in [6, 6.07) is 0. The van der Waals surface area contributed by atoms with Crippen molar-refractivity contribution in [1.82, 2.24) is 0 Å². The molecule has 1 aliphatic heterocycles. The maximum Gasteiger partial charge on any atom is 0.331 e. The molecule has 0 spiro atoms. The van der Waals surface area contributed by atoms with Crippen molar-refractivity contribution >= 4 is 5.97 Å². The maximum absolute atomic E-state index is 10.00. The summed E-state index contributed by atoms with van der Waals surface area (Å²) >= 11 is 0. The Kier molecular flexibility index (Phi) is 1.72. The van der Waals surface area contributed by atoms with Gasteiger partial charge >= 0.3 is 5.97 Å². The van der Waals surface area contributed by atoms with Crippen LogP contribution in [0.1, 0.15) is 12.8 Å². The van der Waals surface area contributed by atoms with Crippen molar-refractivity contribution in [1.29, 1.82) is 0 Å². The van der Waals surface area contributed by atoms with Crippen LogP contribution < -0.4 is 0 Å². The highest BCUT2D eigenvalue weighted by Gasteiger charge is 2.07. The Morgan fingerprint density at radius 3 is 3.00 bits per heavy atom. The smallest absolute Gasteiger partial charge is 0.331 e. The minimum atomic E-state index is -0.924. The van der Waals surface area contributed by atoms with E-state index in [9.17, 15) is 4.79 Å². The van der Waals surface area contributed by atoms with Gasteiger partial charge in [-0.1, -0.05) is 0 Å². The Balaban J connectivity index is 2.49. The fraction of sp³-hybridized carbons (Fsp3) is 0.500. The molecule has 50 valence electrons. The van der Waals surface area contributed by atoms with Crippen molar-refractivity contribution in [3.8, 4) is 0 Å². The summed E-state index contributed by atoms with van der Waals surface area (Å²) in [5.74, 6) is -0.325. The van der Waals surface area contributed by atoms with Gasteiger partial charge in [0, 0.05) is 6.42 Å². The van der Waals surface area contributed by atoms with Crippen molar-refractivity contribution in [2.45, 2.75) is 12.8 Å². The van der Waals surface area contributed by atoms with Crippen LogP contribution in [0.2, 0.25) is 0 Å². The van der Waals surface area contributed by atoms with Crippen LogP contribution in [0.5, 0.6) is 0 Å². The highest BCUT2D eigenvalue weighted by Crippen LogP contribution is 2.14. The maximum atomic E-state index is 10.00. The van der Waals surface area contributed by atoms with E-state index >= 15 is 0 Å². The highest BCUT2D eigenvalue weighted by molar-refractivity contribution is 5.80. The number of hydrogen-bond donors (Lipinski definition) is 1. The molecule has 0 saturated carbocycles. The number of allylic oxidation sites excluding steroid dienone is 1. The number of carboxylic acids is 1. The largest absolute Gasteiger partial charge is 0.498 e. The van der Waals surface area contributed by atoms with Crippen molar-refractivity contribution in [2.75, 3.05) is 6.61 Å². The van der Waals surface area contributed by atoms with Crippen molar-refractivity contribution < 1.29 is 14.6 Å². The van der Waals surface area contributed by atoms with Gasteiger partial charge in [0.05, 0.1) is 12.7 Å². The first kappa shape index (κ1) is 6.13. The minimum absolute atomic E-state index is 0.600. The molecule has 0 radical (unpaired) electrons. The van der Waals surface area contributed by atoms with E-state index in [0.29, 0.717) is 12.4 Å². The Labute approximate surface area is 52.9 Å². The fourth-order valence-corrected chi connectivity index (χ4v) is 0.773. The van der Waals surface area contributed by atoms with Gasteiger partial charge in [-0.2, -0.15) is 0 Å². The molecule has 0 aromatic carbocycles. The minimum Gasteiger partial charge on any atom is -0.498 e. The Morgan fingerprint density at radius 1 is 1.78 bits per heavy atom. The van der Waals surface area contributed by atoms with E-state index in [1.54, 1.807) is 0 Å². The summed E-state index contributed by atoms with van der Waals surface area (Å²) in [5.41, 5.74) is 0. The predicted octanol–water partition coefficient (Wildman–Crippen LogP) is 0.765. The number of hydrogen-bond acceptors (Lipinski definition) is 2. The van der Waals surface area contributed by atoms with Crippen LogP contribution in [0.15, 0.2) is 11.8 Å². The quantitative estimate of drug-likeness (QED) is 0.530. The second-order valence-corrected chi connectivity index (χ2v) is 1.90. The molecule has 0 aromatic heterocycles. The van der Waals surface area contributed by atoms with Crippen LogP contribution in [0.3, 0.4) is 0 Å². The molecule has 1 heterocycles. The molecule has 1 fully saturated rings. The van der Waals surface area contributed by atoms with E-state index in [1.807, 2.05) is 0 Å². The average molecular weight is 128 g/mol. The van der Waals surface area contributed by atoms with E-state index in [2.05, 4.69) is 0 Å². The molecule has 1 N–H and O–H groups in total. The summed E-state index contributed by atoms with van der Waals surface area (Å²) in [6.45, 7) is 0.666. The van der Waals surface area contributed by atoms with Crippen molar-refractivity contribution in [2.24, 2.45) is 0 Å². The summed E-state index contributed by atoms with van der Waals surface area (Å²) in [6.07, 6.45) is 2.83. The van der Waals surface area contributed by atoms with Crippen molar-refractivity contribution in [3.05, 3.63) is 11.8 Å². The van der Waals surface area contributed by atoms with Crippen LogP contribution in [-0.4, -0.2) is 17.7 Å². The monoisotopic (exact) mass is 128 g/mol. The fourth-order valence-electron chi connectivity index (χ4n) is 0.773. The number of ether oxygens (including phenoxy) is 1. The zero-order valence-electron chi connectivity index (χ0n) is 4.96. The van der Waals surface area contributed by atoms with E-state index in [4.69, 9.17) is 9.84 Å². The molecule has 9 heavy (non-hydrogen) atoms. The topological polar surface area (TPSA) is 46.5 Å². The van der Waals surface area contributed by atoms with Gasteiger partial charge in [-0.05, 0) is 6.42 Å². The average Bonchev–Trinajstić information content (AvgIpc) is 2.15. The number of rotatable bonds is 1. The number of aliphatic carboxylic acids is 1. The first-order chi connectivity index (χ1) is 4.29. The molecular weight excluding hydrogens is 120 g/mol. The lowest BCUT2D eigenvalue weighted by Crippen LogP contribution is -1.90. The van der Waals surface area contributed by atoms with Crippen LogP contribution in [-0.2, 0) is 9.53 Å². The third-order valence-electron chi connectivity index (χ3n) is 1.14. The number of carboxylic acid groups (broad SMARTS) is 1. The molecule has 1 rings (SSSR count). The van der Waals surface area contributed by atoms with Crippen LogP contribution in [0.4, 0.5) is 0 Å². The SMILES string of the molecule is O=C(O)/C=C1/CCCO1. The molecule has 0 amide bonds. The standard InChI is InChI=1S/C6H8O3/c7-6(8)4-5-2-1-3-9-5/h4H,1-3H2,(H,7,8)/b5-4-. The molecule has 1 aliphatic rings. The Bertz CT molecular complexity index is 140.